The summed E-state index contributed by atoms with van der Waals surface area (Å²) < 4.78 is 347. The fourth-order valence-corrected chi connectivity index (χ4v) is 12.5. The zero-order chi connectivity index (χ0) is 66.7. The Morgan fingerprint density at radius 1 is 0.400 bits per heavy atom. The summed E-state index contributed by atoms with van der Waals surface area (Å²) in [4.78, 5) is 4.85. The van der Waals surface area contributed by atoms with Gasteiger partial charge in [-0.1, -0.05) is 111 Å². The fraction of sp³-hybridized carbons (Fsp3) is 0.328. The Balaban J connectivity index is 0.000000362. The molecule has 0 unspecified atom stereocenters. The molecule has 1 atom stereocenters. The first-order valence-corrected chi connectivity index (χ1v) is 28.1. The first-order chi connectivity index (χ1) is 40.8. The summed E-state index contributed by atoms with van der Waals surface area (Å²) in [6.45, 7) is 9.57. The number of aliphatic imine (C=N–C) groups is 1. The van der Waals surface area contributed by atoms with E-state index in [-0.39, 0.29) is 20.1 Å². The van der Waals surface area contributed by atoms with Crippen LogP contribution in [0, 0.1) is 45.4 Å². The molecule has 90 heavy (non-hydrogen) atoms. The molecule has 8 rings (SSSR count). The molecule has 1 aliphatic carbocycles. The molecular weight excluding hydrogens is 1450 g/mol. The van der Waals surface area contributed by atoms with E-state index in [1.165, 1.54) is 47.4 Å². The molecule has 491 valence electrons. The number of nitrogens with zero attached hydrogens (tertiary/aromatic N) is 1. The van der Waals surface area contributed by atoms with Gasteiger partial charge in [-0.05, 0) is 125 Å². The van der Waals surface area contributed by atoms with Crippen molar-refractivity contribution in [3.63, 3.8) is 0 Å². The quantitative estimate of drug-likeness (QED) is 0.0803. The van der Waals surface area contributed by atoms with Crippen LogP contribution >= 0.6 is 7.92 Å². The summed E-state index contributed by atoms with van der Waals surface area (Å²) in [5.74, 6) is 1.47. The van der Waals surface area contributed by atoms with Crippen LogP contribution in [0.25, 0.3) is 0 Å². The summed E-state index contributed by atoms with van der Waals surface area (Å²) in [7, 11) is -0.498. The third-order valence-corrected chi connectivity index (χ3v) is 17.1. The Morgan fingerprint density at radius 2 is 0.633 bits per heavy atom. The number of halogens is 24. The van der Waals surface area contributed by atoms with Gasteiger partial charge in [-0.2, -0.15) is 127 Å². The van der Waals surface area contributed by atoms with Gasteiger partial charge < -0.3 is 4.74 Å². The van der Waals surface area contributed by atoms with Crippen LogP contribution < -0.4 is 32.5 Å². The predicted molar refractivity (Wildman–Crippen MR) is 291 cm³/mol. The van der Waals surface area contributed by atoms with Crippen molar-refractivity contribution in [3.8, 4) is 0 Å². The van der Waals surface area contributed by atoms with Crippen molar-refractivity contribution in [3.05, 3.63) is 203 Å². The van der Waals surface area contributed by atoms with Crippen molar-refractivity contribution in [2.45, 2.75) is 109 Å². The standard InChI is InChI=1S/C32H12BF24.C21H26NOP.C8H12.Ir/c34-25(35,36)13-1-14(26(37,38)39)6-21(5-13)33(22-7-15(27(40,41)42)2-16(8-22)28(43,44)45,23-9-17(29(46,47)48)3-18(10-23)30(49,50)51)24-11-19(31(52,53)54)4-20(12-24)32(55,56)57;1-15(2)18-13-23-21(22-18)14-24(19-11-7-5-9-16(19)3)20-12-8-6-10-17(20)4;1-2-4-6-8-7-5-3-1;/h1-12H;5-12,15,18H,13-14H2,1-4H3;1-2,7-8H,3-6H2;/q-1;;;/t;18-;;/m.1../s1. The van der Waals surface area contributed by atoms with E-state index in [2.05, 4.69) is 102 Å². The Hall–Kier alpha value is -5.75. The Kier molecular flexibility index (Phi) is 23.9. The van der Waals surface area contributed by atoms with Crippen molar-refractivity contribution >= 4 is 52.4 Å². The van der Waals surface area contributed by atoms with Crippen LogP contribution in [-0.2, 0) is 74.3 Å². The van der Waals surface area contributed by atoms with Crippen molar-refractivity contribution < 1.29 is 130 Å². The second kappa shape index (κ2) is 28.6. The van der Waals surface area contributed by atoms with Crippen LogP contribution in [0.15, 0.2) is 126 Å². The summed E-state index contributed by atoms with van der Waals surface area (Å²) in [6, 6.07) is 8.96. The normalized spacial score (nSPS) is 15.8. The van der Waals surface area contributed by atoms with E-state index < -0.39 is 203 Å². The van der Waals surface area contributed by atoms with E-state index in [1.807, 2.05) is 0 Å². The Labute approximate surface area is 515 Å². The van der Waals surface area contributed by atoms with Gasteiger partial charge in [0.05, 0.1) is 56.7 Å². The fourth-order valence-electron chi connectivity index (χ4n) is 9.96. The number of aryl methyl sites for hydroxylation is 2. The zero-order valence-electron chi connectivity index (χ0n) is 47.0. The Morgan fingerprint density at radius 3 is 0.833 bits per heavy atom. The molecule has 6 aromatic rings. The molecule has 5 radical (unpaired) electrons. The molecule has 6 aromatic carbocycles. The van der Waals surface area contributed by atoms with Gasteiger partial charge in [-0.25, -0.2) is 4.99 Å². The Bertz CT molecular complexity index is 2920. The number of hydrogen-bond acceptors (Lipinski definition) is 2. The molecule has 0 bridgehead atoms. The van der Waals surface area contributed by atoms with Gasteiger partial charge in [0.25, 0.3) is 0 Å². The topological polar surface area (TPSA) is 21.6 Å². The molecule has 1 heterocycles. The molecule has 1 fully saturated rings. The van der Waals surface area contributed by atoms with Crippen LogP contribution in [0.1, 0.15) is 95.2 Å². The summed E-state index contributed by atoms with van der Waals surface area (Å²) in [5, 5.41) is 2.86. The average molecular weight is 1500 g/mol. The third-order valence-electron chi connectivity index (χ3n) is 14.4. The number of ether oxygens (including phenoxy) is 1. The molecule has 0 N–H and O–H groups in total. The molecule has 0 amide bonds. The van der Waals surface area contributed by atoms with Crippen LogP contribution in [0.3, 0.4) is 0 Å². The first-order valence-electron chi connectivity index (χ1n) is 26.6. The number of alkyl halides is 24. The second-order valence-electron chi connectivity index (χ2n) is 21.1. The average Bonchev–Trinajstić information content (AvgIpc) is 0.778. The summed E-state index contributed by atoms with van der Waals surface area (Å²) in [5.41, 5.74) is -27.5. The molecule has 0 spiro atoms. The minimum Gasteiger partial charge on any atom is -0.478 e. The minimum absolute atomic E-state index is 0. The largest absolute Gasteiger partial charge is 0.478 e. The maximum atomic E-state index is 14.2. The number of benzene rings is 6. The van der Waals surface area contributed by atoms with Crippen molar-refractivity contribution in [1.82, 2.24) is 0 Å². The number of hydrogen-bond donors (Lipinski definition) is 0. The van der Waals surface area contributed by atoms with Gasteiger partial charge in [-0.3, -0.25) is 0 Å². The van der Waals surface area contributed by atoms with Gasteiger partial charge in [0, 0.05) is 20.1 Å². The molecule has 0 saturated heterocycles. The van der Waals surface area contributed by atoms with Gasteiger partial charge in [-0.15, -0.1) is 0 Å². The van der Waals surface area contributed by atoms with Gasteiger partial charge in [0.1, 0.15) is 12.8 Å². The summed E-state index contributed by atoms with van der Waals surface area (Å²) in [6.07, 6.45) is -39.9. The molecule has 29 heteroatoms. The SMILES string of the molecule is Cc1ccccc1P(CC1=N[C@@H](C(C)C)CO1)c1ccccc1C.FC(F)(F)c1cc([B-](c2cc(C(F)(F)F)cc(C(F)(F)F)c2)(c2cc(C(F)(F)F)cc(C(F)(F)F)c2)c2cc(C(F)(F)F)cc(C(F)(F)F)c2)cc(C(F)(F)F)c1.[CH]1[CH]CC[CH][CH]CC1.[Ir]. The van der Waals surface area contributed by atoms with E-state index in [0.29, 0.717) is 12.0 Å². The maximum absolute atomic E-state index is 14.2. The van der Waals surface area contributed by atoms with E-state index in [0.717, 1.165) is 18.7 Å². The van der Waals surface area contributed by atoms with Crippen molar-refractivity contribution in [2.75, 3.05) is 12.8 Å². The smallest absolute Gasteiger partial charge is 0.416 e. The predicted octanol–water partition coefficient (Wildman–Crippen LogP) is 17.8. The summed E-state index contributed by atoms with van der Waals surface area (Å²) >= 11 is 0. The second-order valence-corrected chi connectivity index (χ2v) is 23.3. The van der Waals surface area contributed by atoms with Gasteiger partial charge in [0.15, 0.2) is 5.90 Å². The van der Waals surface area contributed by atoms with Crippen LogP contribution in [0.5, 0.6) is 0 Å². The van der Waals surface area contributed by atoms with E-state index in [9.17, 15) is 105 Å². The third kappa shape index (κ3) is 19.0. The van der Waals surface area contributed by atoms with Crippen molar-refractivity contribution in [2.24, 2.45) is 10.9 Å². The molecule has 2 aliphatic rings. The minimum atomic E-state index is -6.13. The molecule has 1 saturated carbocycles. The van der Waals surface area contributed by atoms with E-state index in [4.69, 9.17) is 9.73 Å². The van der Waals surface area contributed by atoms with Gasteiger partial charge >= 0.3 is 49.4 Å². The van der Waals surface area contributed by atoms with E-state index >= 15 is 0 Å². The monoisotopic (exact) mass is 1500 g/mol. The maximum Gasteiger partial charge on any atom is 0.416 e. The van der Waals surface area contributed by atoms with Crippen molar-refractivity contribution in [1.29, 1.82) is 0 Å². The zero-order valence-corrected chi connectivity index (χ0v) is 50.3. The molecule has 1 aliphatic heterocycles. The van der Waals surface area contributed by atoms with E-state index in [1.54, 1.807) is 0 Å². The van der Waals surface area contributed by atoms with Gasteiger partial charge in [0.2, 0.25) is 0 Å². The van der Waals surface area contributed by atoms with Crippen LogP contribution in [0.2, 0.25) is 0 Å². The molecule has 2 nitrogen and oxygen atoms in total. The number of rotatable bonds is 9. The molecular formula is C61H50BF24IrNOP-. The van der Waals surface area contributed by atoms with Crippen LogP contribution in [-0.4, -0.2) is 30.9 Å². The first kappa shape index (κ1) is 75.0. The van der Waals surface area contributed by atoms with Crippen LogP contribution in [0.4, 0.5) is 105 Å². The molecule has 0 aromatic heterocycles.